The highest BCUT2D eigenvalue weighted by molar-refractivity contribution is 6.38. The molecule has 1 nitrogen and oxygen atoms in total. The lowest BCUT2D eigenvalue weighted by Gasteiger charge is -2.22. The van der Waals surface area contributed by atoms with Gasteiger partial charge in [-0.1, -0.05) is 167 Å². The van der Waals surface area contributed by atoms with Crippen LogP contribution >= 0.6 is 0 Å². The molecule has 0 bridgehead atoms. The van der Waals surface area contributed by atoms with Crippen LogP contribution in [0.4, 0.5) is 0 Å². The van der Waals surface area contributed by atoms with Gasteiger partial charge in [0.05, 0.1) is 16.7 Å². The summed E-state index contributed by atoms with van der Waals surface area (Å²) in [6.07, 6.45) is 0. The van der Waals surface area contributed by atoms with Gasteiger partial charge >= 0.3 is 0 Å². The Morgan fingerprint density at radius 3 is 1.39 bits per heavy atom. The van der Waals surface area contributed by atoms with Crippen LogP contribution in [0, 0.1) is 0 Å². The number of benzene rings is 11. The summed E-state index contributed by atoms with van der Waals surface area (Å²) in [4.78, 5) is 0. The molecule has 1 aromatic heterocycles. The van der Waals surface area contributed by atoms with Crippen LogP contribution < -0.4 is 0 Å². The van der Waals surface area contributed by atoms with Crippen molar-refractivity contribution in [3.63, 3.8) is 0 Å². The highest BCUT2D eigenvalue weighted by Crippen LogP contribution is 2.55. The summed E-state index contributed by atoms with van der Waals surface area (Å²) in [6, 6.07) is 72.3. The predicted molar refractivity (Wildman–Crippen MR) is 286 cm³/mol. The molecule has 1 heteroatoms. The molecule has 0 saturated carbocycles. The molecule has 0 saturated heterocycles. The summed E-state index contributed by atoms with van der Waals surface area (Å²) in [5.41, 5.74) is 17.1. The van der Waals surface area contributed by atoms with Crippen molar-refractivity contribution in [2.45, 2.75) is 38.5 Å². The smallest absolute Gasteiger partial charge is 0.0544 e. The van der Waals surface area contributed by atoms with E-state index in [1.54, 1.807) is 0 Å². The van der Waals surface area contributed by atoms with Gasteiger partial charge in [-0.25, -0.2) is 0 Å². The molecule has 14 aromatic rings. The number of aromatic nitrogens is 1. The summed E-state index contributed by atoms with van der Waals surface area (Å²) in [5.74, 6) is 0. The fraction of sp³-hybridized carbons (Fsp3) is 0.0909. The fourth-order valence-corrected chi connectivity index (χ4v) is 13.7. The average molecular weight is 850 g/mol. The van der Waals surface area contributed by atoms with Gasteiger partial charge in [0.2, 0.25) is 0 Å². The molecule has 0 unspecified atom stereocenters. The highest BCUT2D eigenvalue weighted by atomic mass is 15.0. The van der Waals surface area contributed by atoms with Gasteiger partial charge in [0.25, 0.3) is 0 Å². The van der Waals surface area contributed by atoms with Gasteiger partial charge in [0, 0.05) is 27.0 Å². The number of hydrogen-bond donors (Lipinski definition) is 0. The molecule has 2 aliphatic carbocycles. The van der Waals surface area contributed by atoms with Crippen molar-refractivity contribution in [2.75, 3.05) is 0 Å². The second kappa shape index (κ2) is 12.1. The lowest BCUT2D eigenvalue weighted by Crippen LogP contribution is -2.15. The predicted octanol–water partition coefficient (Wildman–Crippen LogP) is 18.0. The third-order valence-electron chi connectivity index (χ3n) is 16.8. The molecule has 16 rings (SSSR count). The molecular weight excluding hydrogens is 807 g/mol. The summed E-state index contributed by atoms with van der Waals surface area (Å²) in [5, 5.41) is 21.1. The van der Waals surface area contributed by atoms with Gasteiger partial charge in [-0.2, -0.15) is 0 Å². The van der Waals surface area contributed by atoms with Crippen LogP contribution in [-0.4, -0.2) is 4.57 Å². The molecule has 0 radical (unpaired) electrons. The van der Waals surface area contributed by atoms with E-state index in [0.29, 0.717) is 0 Å². The van der Waals surface area contributed by atoms with E-state index in [1.165, 1.54) is 159 Å². The molecule has 0 amide bonds. The molecule has 1 heterocycles. The van der Waals surface area contributed by atoms with Crippen LogP contribution in [0.3, 0.4) is 0 Å². The summed E-state index contributed by atoms with van der Waals surface area (Å²) in [6.45, 7) is 9.61. The SMILES string of the molecule is CC1(C)c2ccccc2-c2cc3c4cc5c(cc4n(-c4ccc6c7cc8c(cc7c7cccc4c76)c4ccc(-c6ccc7ccccc7c6)c6cccc8c64)c3cc21)C(C)(C)c1ccccc1-5. The minimum Gasteiger partial charge on any atom is -0.309 e. The van der Waals surface area contributed by atoms with E-state index in [4.69, 9.17) is 0 Å². The van der Waals surface area contributed by atoms with Gasteiger partial charge in [0.1, 0.15) is 0 Å². The Labute approximate surface area is 387 Å². The van der Waals surface area contributed by atoms with Crippen LogP contribution in [0.5, 0.6) is 0 Å². The zero-order chi connectivity index (χ0) is 44.2. The third-order valence-corrected chi connectivity index (χ3v) is 16.8. The first kappa shape index (κ1) is 36.2. The monoisotopic (exact) mass is 849 g/mol. The van der Waals surface area contributed by atoms with Crippen LogP contribution in [0.25, 0.3) is 136 Å². The third kappa shape index (κ3) is 4.37. The van der Waals surface area contributed by atoms with Gasteiger partial charge in [-0.3, -0.25) is 0 Å². The molecule has 0 fully saturated rings. The minimum absolute atomic E-state index is 0.116. The van der Waals surface area contributed by atoms with Gasteiger partial charge in [-0.05, 0) is 174 Å². The number of hydrogen-bond acceptors (Lipinski definition) is 0. The lowest BCUT2D eigenvalue weighted by atomic mass is 9.82. The van der Waals surface area contributed by atoms with Crippen molar-refractivity contribution in [1.82, 2.24) is 4.57 Å². The number of nitrogens with zero attached hydrogens (tertiary/aromatic N) is 1. The Morgan fingerprint density at radius 1 is 0.284 bits per heavy atom. The van der Waals surface area contributed by atoms with E-state index in [1.807, 2.05) is 0 Å². The first-order chi connectivity index (χ1) is 32.7. The molecule has 67 heavy (non-hydrogen) atoms. The summed E-state index contributed by atoms with van der Waals surface area (Å²) in [7, 11) is 0. The molecule has 13 aromatic carbocycles. The average Bonchev–Trinajstić information content (AvgIpc) is 4.09. The molecule has 0 spiro atoms. The van der Waals surface area contributed by atoms with Gasteiger partial charge < -0.3 is 4.57 Å². The Bertz CT molecular complexity index is 4380. The standard InChI is InChI=1S/C66H43N/c1-65(2)56-21-9-7-15-40(56)52-32-54-55-33-53-41-16-8-10-22-57(41)66(3,4)59(53)35-62(55)67(61(54)34-58(52)65)60-28-27-46-51-30-48-43-18-11-17-42-39(38-24-23-36-13-5-6-14-37(36)29-38)25-26-45(63(42)43)50(48)31-49(51)44-19-12-20-47(60)64(44)46/h5-35H,1-4H3. The maximum absolute atomic E-state index is 2.62. The van der Waals surface area contributed by atoms with Crippen molar-refractivity contribution in [1.29, 1.82) is 0 Å². The topological polar surface area (TPSA) is 4.93 Å². The van der Waals surface area contributed by atoms with Crippen molar-refractivity contribution in [2.24, 2.45) is 0 Å². The first-order valence-corrected chi connectivity index (χ1v) is 23.9. The van der Waals surface area contributed by atoms with Crippen LogP contribution in [0.15, 0.2) is 188 Å². The van der Waals surface area contributed by atoms with E-state index in [-0.39, 0.29) is 10.8 Å². The van der Waals surface area contributed by atoms with Crippen LogP contribution in [-0.2, 0) is 10.8 Å². The highest BCUT2D eigenvalue weighted by Gasteiger charge is 2.39. The van der Waals surface area contributed by atoms with E-state index in [9.17, 15) is 0 Å². The molecule has 2 aliphatic rings. The minimum atomic E-state index is -0.116. The number of fused-ring (bicyclic) bond motifs is 16. The molecule has 0 atom stereocenters. The lowest BCUT2D eigenvalue weighted by molar-refractivity contribution is 0.661. The normalized spacial score (nSPS) is 14.8. The molecule has 0 aliphatic heterocycles. The Hall–Kier alpha value is -8.00. The first-order valence-electron chi connectivity index (χ1n) is 23.9. The van der Waals surface area contributed by atoms with E-state index in [2.05, 4.69) is 220 Å². The second-order valence-corrected chi connectivity index (χ2v) is 20.8. The number of rotatable bonds is 2. The van der Waals surface area contributed by atoms with E-state index >= 15 is 0 Å². The van der Waals surface area contributed by atoms with Crippen LogP contribution in [0.2, 0.25) is 0 Å². The van der Waals surface area contributed by atoms with Gasteiger partial charge in [-0.15, -0.1) is 0 Å². The zero-order valence-corrected chi connectivity index (χ0v) is 37.8. The largest absolute Gasteiger partial charge is 0.309 e. The van der Waals surface area contributed by atoms with Gasteiger partial charge in [0.15, 0.2) is 0 Å². The maximum atomic E-state index is 2.62. The Morgan fingerprint density at radius 2 is 0.776 bits per heavy atom. The van der Waals surface area contributed by atoms with Crippen molar-refractivity contribution in [3.8, 4) is 39.1 Å². The molecular formula is C66H43N. The zero-order valence-electron chi connectivity index (χ0n) is 37.8. The Kier molecular flexibility index (Phi) is 6.52. The molecule has 0 N–H and O–H groups in total. The van der Waals surface area contributed by atoms with E-state index in [0.717, 1.165) is 0 Å². The second-order valence-electron chi connectivity index (χ2n) is 20.8. The fourth-order valence-electron chi connectivity index (χ4n) is 13.7. The maximum Gasteiger partial charge on any atom is 0.0544 e. The van der Waals surface area contributed by atoms with Crippen molar-refractivity contribution >= 4 is 97.2 Å². The summed E-state index contributed by atoms with van der Waals surface area (Å²) >= 11 is 0. The molecule has 312 valence electrons. The summed E-state index contributed by atoms with van der Waals surface area (Å²) < 4.78 is 2.62. The van der Waals surface area contributed by atoms with Crippen molar-refractivity contribution in [3.05, 3.63) is 210 Å². The van der Waals surface area contributed by atoms with E-state index < -0.39 is 0 Å². The van der Waals surface area contributed by atoms with Crippen molar-refractivity contribution < 1.29 is 0 Å². The quantitative estimate of drug-likeness (QED) is 0.163. The Balaban J connectivity index is 0.961. The van der Waals surface area contributed by atoms with Crippen LogP contribution in [0.1, 0.15) is 49.9 Å².